The summed E-state index contributed by atoms with van der Waals surface area (Å²) >= 11 is 6.26. The standard InChI is InChI=1S/C9H18ClN2P/c1-7(2)12(8(3)4)13(10)9(5)6-11/h7-9H,1-5H3. The number of nitrogens with zero attached hydrogens (tertiary/aromatic N) is 2. The topological polar surface area (TPSA) is 27.0 Å². The van der Waals surface area contributed by atoms with Crippen LogP contribution in [0.3, 0.4) is 0 Å². The highest BCUT2D eigenvalue weighted by molar-refractivity contribution is 7.82. The van der Waals surface area contributed by atoms with Gasteiger partial charge in [0.2, 0.25) is 0 Å². The normalized spacial score (nSPS) is 16.3. The summed E-state index contributed by atoms with van der Waals surface area (Å²) < 4.78 is 2.21. The number of hydrogen-bond acceptors (Lipinski definition) is 2. The van der Waals surface area contributed by atoms with Gasteiger partial charge in [-0.15, -0.1) is 0 Å². The first-order chi connectivity index (χ1) is 5.91. The first-order valence-corrected chi connectivity index (χ1v) is 6.81. The van der Waals surface area contributed by atoms with Crippen LogP contribution in [0.1, 0.15) is 34.6 Å². The summed E-state index contributed by atoms with van der Waals surface area (Å²) in [6.07, 6.45) is 0. The van der Waals surface area contributed by atoms with Crippen molar-refractivity contribution < 1.29 is 0 Å². The van der Waals surface area contributed by atoms with Gasteiger partial charge in [-0.3, -0.25) is 4.67 Å². The Morgan fingerprint density at radius 3 is 1.77 bits per heavy atom. The van der Waals surface area contributed by atoms with Crippen LogP contribution in [0.25, 0.3) is 0 Å². The van der Waals surface area contributed by atoms with Gasteiger partial charge in [0.15, 0.2) is 0 Å². The van der Waals surface area contributed by atoms with Crippen molar-refractivity contribution in [3.05, 3.63) is 0 Å². The summed E-state index contributed by atoms with van der Waals surface area (Å²) in [6, 6.07) is 3.01. The number of nitriles is 1. The second-order valence-corrected chi connectivity index (χ2v) is 6.51. The summed E-state index contributed by atoms with van der Waals surface area (Å²) in [4.78, 5) is 0. The van der Waals surface area contributed by atoms with E-state index in [0.29, 0.717) is 12.1 Å². The third-order valence-electron chi connectivity index (χ3n) is 1.79. The molecular formula is C9H18ClN2P. The van der Waals surface area contributed by atoms with Crippen molar-refractivity contribution in [1.29, 1.82) is 5.26 Å². The van der Waals surface area contributed by atoms with Crippen molar-refractivity contribution in [3.8, 4) is 6.07 Å². The van der Waals surface area contributed by atoms with E-state index >= 15 is 0 Å². The molecule has 2 nitrogen and oxygen atoms in total. The predicted molar refractivity (Wildman–Crippen MR) is 60.0 cm³/mol. The lowest BCUT2D eigenvalue weighted by molar-refractivity contribution is 0.325. The van der Waals surface area contributed by atoms with Gasteiger partial charge in [0.25, 0.3) is 0 Å². The Balaban J connectivity index is 4.48. The quantitative estimate of drug-likeness (QED) is 0.678. The van der Waals surface area contributed by atoms with Crippen LogP contribution in [0.5, 0.6) is 0 Å². The lowest BCUT2D eigenvalue weighted by Crippen LogP contribution is -2.33. The molecule has 0 fully saturated rings. The van der Waals surface area contributed by atoms with E-state index in [1.165, 1.54) is 0 Å². The zero-order chi connectivity index (χ0) is 10.6. The van der Waals surface area contributed by atoms with E-state index in [0.717, 1.165) is 0 Å². The average Bonchev–Trinajstić information content (AvgIpc) is 2.01. The highest BCUT2D eigenvalue weighted by Gasteiger charge is 2.26. The summed E-state index contributed by atoms with van der Waals surface area (Å²) in [7, 11) is -0.840. The van der Waals surface area contributed by atoms with E-state index in [2.05, 4.69) is 38.4 Å². The molecule has 0 N–H and O–H groups in total. The van der Waals surface area contributed by atoms with Crippen molar-refractivity contribution in [2.45, 2.75) is 52.4 Å². The van der Waals surface area contributed by atoms with Crippen LogP contribution in [-0.2, 0) is 0 Å². The van der Waals surface area contributed by atoms with Gasteiger partial charge < -0.3 is 0 Å². The molecule has 0 rings (SSSR count). The van der Waals surface area contributed by atoms with Crippen molar-refractivity contribution in [2.75, 3.05) is 0 Å². The first kappa shape index (κ1) is 13.2. The smallest absolute Gasteiger partial charge is 0.0908 e. The molecule has 0 spiro atoms. The summed E-state index contributed by atoms with van der Waals surface area (Å²) in [5, 5.41) is 8.77. The van der Waals surface area contributed by atoms with E-state index in [9.17, 15) is 0 Å². The van der Waals surface area contributed by atoms with Crippen LogP contribution in [0.15, 0.2) is 0 Å². The Bertz CT molecular complexity index is 181. The Morgan fingerprint density at radius 1 is 1.15 bits per heavy atom. The van der Waals surface area contributed by atoms with Gasteiger partial charge in [-0.25, -0.2) is 0 Å². The van der Waals surface area contributed by atoms with Crippen LogP contribution in [0.4, 0.5) is 0 Å². The fourth-order valence-corrected chi connectivity index (χ4v) is 3.84. The van der Waals surface area contributed by atoms with Crippen molar-refractivity contribution in [2.24, 2.45) is 0 Å². The van der Waals surface area contributed by atoms with Crippen LogP contribution >= 0.6 is 18.7 Å². The van der Waals surface area contributed by atoms with Crippen molar-refractivity contribution in [1.82, 2.24) is 4.67 Å². The second-order valence-electron chi connectivity index (χ2n) is 3.66. The predicted octanol–water partition coefficient (Wildman–Crippen LogP) is 3.57. The van der Waals surface area contributed by atoms with Crippen LogP contribution < -0.4 is 0 Å². The van der Waals surface area contributed by atoms with Gasteiger partial charge in [-0.05, 0) is 34.6 Å². The van der Waals surface area contributed by atoms with Gasteiger partial charge >= 0.3 is 0 Å². The Kier molecular flexibility index (Phi) is 5.88. The highest BCUT2D eigenvalue weighted by atomic mass is 35.7. The van der Waals surface area contributed by atoms with E-state index < -0.39 is 7.43 Å². The van der Waals surface area contributed by atoms with Crippen LogP contribution in [-0.4, -0.2) is 22.4 Å². The number of hydrogen-bond donors (Lipinski definition) is 0. The molecular weight excluding hydrogens is 203 g/mol. The maximum Gasteiger partial charge on any atom is 0.0908 e. The Labute approximate surface area is 87.5 Å². The molecule has 0 aromatic carbocycles. The first-order valence-electron chi connectivity index (χ1n) is 4.54. The molecule has 0 aromatic rings. The molecule has 0 saturated heterocycles. The molecule has 4 heteroatoms. The van der Waals surface area contributed by atoms with Gasteiger partial charge in [0.1, 0.15) is 0 Å². The average molecular weight is 221 g/mol. The molecule has 76 valence electrons. The summed E-state index contributed by atoms with van der Waals surface area (Å²) in [5.74, 6) is 0. The van der Waals surface area contributed by atoms with Gasteiger partial charge in [-0.2, -0.15) is 5.26 Å². The molecule has 0 heterocycles. The lowest BCUT2D eigenvalue weighted by atomic mass is 10.3. The third kappa shape index (κ3) is 3.81. The molecule has 0 amide bonds. The SMILES string of the molecule is CC(C)N(C(C)C)P(Cl)C(C)C#N. The molecule has 2 atom stereocenters. The fourth-order valence-electron chi connectivity index (χ4n) is 1.29. The van der Waals surface area contributed by atoms with E-state index in [-0.39, 0.29) is 5.66 Å². The zero-order valence-electron chi connectivity index (χ0n) is 8.95. The summed E-state index contributed by atoms with van der Waals surface area (Å²) in [6.45, 7) is 10.3. The minimum atomic E-state index is -0.840. The molecule has 0 bridgehead atoms. The third-order valence-corrected chi connectivity index (χ3v) is 5.31. The largest absolute Gasteiger partial charge is 0.264 e. The van der Waals surface area contributed by atoms with E-state index in [4.69, 9.17) is 16.5 Å². The van der Waals surface area contributed by atoms with Crippen molar-refractivity contribution in [3.63, 3.8) is 0 Å². The monoisotopic (exact) mass is 220 g/mol. The minimum absolute atomic E-state index is 0.0681. The zero-order valence-corrected chi connectivity index (χ0v) is 10.6. The molecule has 0 radical (unpaired) electrons. The van der Waals surface area contributed by atoms with E-state index in [1.54, 1.807) is 0 Å². The molecule has 0 aliphatic carbocycles. The molecule has 0 aliphatic rings. The van der Waals surface area contributed by atoms with E-state index in [1.807, 2.05) is 6.92 Å². The van der Waals surface area contributed by atoms with Crippen LogP contribution in [0, 0.1) is 11.3 Å². The molecule has 0 aliphatic heterocycles. The highest BCUT2D eigenvalue weighted by Crippen LogP contribution is 2.52. The minimum Gasteiger partial charge on any atom is -0.264 e. The van der Waals surface area contributed by atoms with Gasteiger partial charge in [0, 0.05) is 12.1 Å². The van der Waals surface area contributed by atoms with Crippen molar-refractivity contribution >= 4 is 18.7 Å². The maximum absolute atomic E-state index is 8.77. The Morgan fingerprint density at radius 2 is 1.54 bits per heavy atom. The molecule has 0 aromatic heterocycles. The molecule has 2 unspecified atom stereocenters. The fraction of sp³-hybridized carbons (Fsp3) is 0.889. The second kappa shape index (κ2) is 5.81. The summed E-state index contributed by atoms with van der Waals surface area (Å²) in [5.41, 5.74) is -0.0681. The van der Waals surface area contributed by atoms with Crippen LogP contribution in [0.2, 0.25) is 0 Å². The maximum atomic E-state index is 8.77. The molecule has 13 heavy (non-hydrogen) atoms. The molecule has 0 saturated carbocycles. The van der Waals surface area contributed by atoms with Gasteiger partial charge in [0.05, 0.1) is 19.2 Å². The number of halogens is 1. The Hall–Kier alpha value is 0.170. The van der Waals surface area contributed by atoms with Gasteiger partial charge in [-0.1, -0.05) is 11.2 Å². The lowest BCUT2D eigenvalue weighted by Gasteiger charge is -2.35. The number of rotatable bonds is 4.